The number of hydrogen-bond donors (Lipinski definition) is 1. The van der Waals surface area contributed by atoms with Crippen LogP contribution < -0.4 is 4.74 Å². The number of aliphatic hydroxyl groups excluding tert-OH is 1. The van der Waals surface area contributed by atoms with Crippen LogP contribution in [0.2, 0.25) is 0 Å². The minimum Gasteiger partial charge on any atom is -0.496 e. The summed E-state index contributed by atoms with van der Waals surface area (Å²) in [6.07, 6.45) is 0. The highest BCUT2D eigenvalue weighted by Gasteiger charge is 2.03. The third kappa shape index (κ3) is 2.72. The molecular formula is C10H15NO2. The monoisotopic (exact) mass is 181 g/mol. The highest BCUT2D eigenvalue weighted by molar-refractivity contribution is 5.32. The van der Waals surface area contributed by atoms with Crippen LogP contribution in [0.3, 0.4) is 0 Å². The van der Waals surface area contributed by atoms with E-state index >= 15 is 0 Å². The summed E-state index contributed by atoms with van der Waals surface area (Å²) in [5.74, 6) is 0.864. The molecule has 0 unspecified atom stereocenters. The van der Waals surface area contributed by atoms with Crippen molar-refractivity contribution in [3.63, 3.8) is 0 Å². The van der Waals surface area contributed by atoms with Gasteiger partial charge in [-0.2, -0.15) is 0 Å². The minimum absolute atomic E-state index is 0.0536. The second-order valence-corrected chi connectivity index (χ2v) is 2.97. The largest absolute Gasteiger partial charge is 0.496 e. The average molecular weight is 181 g/mol. The predicted octanol–water partition coefficient (Wildman–Crippen LogP) is 1.08. The first-order chi connectivity index (χ1) is 6.27. The summed E-state index contributed by atoms with van der Waals surface area (Å²) in [6.45, 7) is 0.749. The Kier molecular flexibility index (Phi) is 3.73. The van der Waals surface area contributed by atoms with Crippen LogP contribution in [0.5, 0.6) is 5.75 Å². The molecule has 0 heterocycles. The van der Waals surface area contributed by atoms with Crippen LogP contribution in [0, 0.1) is 0 Å². The van der Waals surface area contributed by atoms with Crippen molar-refractivity contribution in [3.05, 3.63) is 29.8 Å². The Morgan fingerprint density at radius 1 is 1.38 bits per heavy atom. The Balaban J connectivity index is 2.74. The van der Waals surface area contributed by atoms with Gasteiger partial charge in [0.1, 0.15) is 5.75 Å². The van der Waals surface area contributed by atoms with Crippen LogP contribution in [-0.2, 0) is 6.54 Å². The van der Waals surface area contributed by atoms with Crippen LogP contribution in [0.25, 0.3) is 0 Å². The molecule has 0 saturated carbocycles. The number of rotatable bonds is 4. The van der Waals surface area contributed by atoms with Gasteiger partial charge >= 0.3 is 0 Å². The maximum absolute atomic E-state index is 8.84. The standard InChI is InChI=1S/C10H15NO2/c1-11(8-12)7-9-5-3-4-6-10(9)13-2/h3-6,12H,7-8H2,1-2H3. The molecule has 0 aromatic heterocycles. The van der Waals surface area contributed by atoms with Gasteiger partial charge in [-0.3, -0.25) is 4.90 Å². The molecule has 0 atom stereocenters. The van der Waals surface area contributed by atoms with E-state index in [0.29, 0.717) is 6.54 Å². The average Bonchev–Trinajstić information content (AvgIpc) is 2.18. The second-order valence-electron chi connectivity index (χ2n) is 2.97. The zero-order chi connectivity index (χ0) is 9.68. The number of hydrogen-bond acceptors (Lipinski definition) is 3. The summed E-state index contributed by atoms with van der Waals surface area (Å²) in [5.41, 5.74) is 1.08. The van der Waals surface area contributed by atoms with E-state index in [9.17, 15) is 0 Å². The fraction of sp³-hybridized carbons (Fsp3) is 0.400. The van der Waals surface area contributed by atoms with Crippen LogP contribution in [0.15, 0.2) is 24.3 Å². The van der Waals surface area contributed by atoms with Gasteiger partial charge in [-0.1, -0.05) is 18.2 Å². The van der Waals surface area contributed by atoms with Crippen molar-refractivity contribution >= 4 is 0 Å². The van der Waals surface area contributed by atoms with Gasteiger partial charge in [0.25, 0.3) is 0 Å². The Hall–Kier alpha value is -1.06. The Bertz CT molecular complexity index is 263. The van der Waals surface area contributed by atoms with Gasteiger partial charge in [-0.15, -0.1) is 0 Å². The molecular weight excluding hydrogens is 166 g/mol. The quantitative estimate of drug-likeness (QED) is 0.705. The van der Waals surface area contributed by atoms with Crippen molar-refractivity contribution in [1.82, 2.24) is 4.90 Å². The number of ether oxygens (including phenoxy) is 1. The number of benzene rings is 1. The van der Waals surface area contributed by atoms with E-state index in [4.69, 9.17) is 9.84 Å². The first-order valence-corrected chi connectivity index (χ1v) is 4.19. The number of nitrogens with zero attached hydrogens (tertiary/aromatic N) is 1. The Labute approximate surface area is 78.6 Å². The van der Waals surface area contributed by atoms with Gasteiger partial charge < -0.3 is 9.84 Å². The molecule has 1 aromatic carbocycles. The zero-order valence-electron chi connectivity index (χ0n) is 8.03. The first-order valence-electron chi connectivity index (χ1n) is 4.19. The molecule has 1 rings (SSSR count). The molecule has 0 bridgehead atoms. The van der Waals surface area contributed by atoms with Crippen molar-refractivity contribution < 1.29 is 9.84 Å². The molecule has 72 valence electrons. The first kappa shape index (κ1) is 10.0. The van der Waals surface area contributed by atoms with Gasteiger partial charge in [-0.25, -0.2) is 0 Å². The topological polar surface area (TPSA) is 32.7 Å². The lowest BCUT2D eigenvalue weighted by molar-refractivity contribution is 0.126. The van der Waals surface area contributed by atoms with Crippen LogP contribution in [0.1, 0.15) is 5.56 Å². The summed E-state index contributed by atoms with van der Waals surface area (Å²) in [4.78, 5) is 1.80. The molecule has 3 nitrogen and oxygen atoms in total. The van der Waals surface area contributed by atoms with Crippen LogP contribution in [0.4, 0.5) is 0 Å². The number of para-hydroxylation sites is 1. The Morgan fingerprint density at radius 2 is 2.08 bits per heavy atom. The lowest BCUT2D eigenvalue weighted by Crippen LogP contribution is -2.18. The zero-order valence-corrected chi connectivity index (χ0v) is 8.03. The molecule has 0 amide bonds. The second kappa shape index (κ2) is 4.84. The fourth-order valence-electron chi connectivity index (χ4n) is 1.17. The van der Waals surface area contributed by atoms with Crippen molar-refractivity contribution in [2.45, 2.75) is 6.54 Å². The van der Waals surface area contributed by atoms with Gasteiger partial charge in [-0.05, 0) is 13.1 Å². The maximum Gasteiger partial charge on any atom is 0.123 e. The van der Waals surface area contributed by atoms with E-state index in [1.165, 1.54) is 0 Å². The van der Waals surface area contributed by atoms with Gasteiger partial charge in [0.2, 0.25) is 0 Å². The normalized spacial score (nSPS) is 10.5. The minimum atomic E-state index is 0.0536. The van der Waals surface area contributed by atoms with Crippen LogP contribution in [-0.4, -0.2) is 30.9 Å². The van der Waals surface area contributed by atoms with E-state index in [1.807, 2.05) is 31.3 Å². The molecule has 3 heteroatoms. The summed E-state index contributed by atoms with van der Waals surface area (Å²) >= 11 is 0. The summed E-state index contributed by atoms with van der Waals surface area (Å²) in [5, 5.41) is 8.84. The number of methoxy groups -OCH3 is 1. The summed E-state index contributed by atoms with van der Waals surface area (Å²) in [7, 11) is 3.50. The van der Waals surface area contributed by atoms with E-state index in [-0.39, 0.29) is 6.73 Å². The molecule has 0 aliphatic heterocycles. The highest BCUT2D eigenvalue weighted by atomic mass is 16.5. The molecule has 0 fully saturated rings. The molecule has 0 aliphatic carbocycles. The van der Waals surface area contributed by atoms with Gasteiger partial charge in [0, 0.05) is 12.1 Å². The molecule has 0 spiro atoms. The molecule has 13 heavy (non-hydrogen) atoms. The molecule has 1 aromatic rings. The van der Waals surface area contributed by atoms with E-state index in [1.54, 1.807) is 12.0 Å². The fourth-order valence-corrected chi connectivity index (χ4v) is 1.17. The molecule has 1 N–H and O–H groups in total. The SMILES string of the molecule is COc1ccccc1CN(C)CO. The third-order valence-electron chi connectivity index (χ3n) is 1.87. The Morgan fingerprint density at radius 3 is 2.69 bits per heavy atom. The van der Waals surface area contributed by atoms with Crippen LogP contribution >= 0.6 is 0 Å². The smallest absolute Gasteiger partial charge is 0.123 e. The molecule has 0 saturated heterocycles. The third-order valence-corrected chi connectivity index (χ3v) is 1.87. The summed E-state index contributed by atoms with van der Waals surface area (Å²) < 4.78 is 5.18. The maximum atomic E-state index is 8.84. The van der Waals surface area contributed by atoms with E-state index < -0.39 is 0 Å². The van der Waals surface area contributed by atoms with Crippen molar-refractivity contribution in [2.75, 3.05) is 20.9 Å². The molecule has 0 radical (unpaired) electrons. The van der Waals surface area contributed by atoms with Gasteiger partial charge in [0.15, 0.2) is 0 Å². The van der Waals surface area contributed by atoms with Crippen molar-refractivity contribution in [1.29, 1.82) is 0 Å². The molecule has 0 aliphatic rings. The lowest BCUT2D eigenvalue weighted by atomic mass is 10.2. The van der Waals surface area contributed by atoms with E-state index in [2.05, 4.69) is 0 Å². The highest BCUT2D eigenvalue weighted by Crippen LogP contribution is 2.18. The van der Waals surface area contributed by atoms with Crippen molar-refractivity contribution in [2.24, 2.45) is 0 Å². The van der Waals surface area contributed by atoms with Crippen molar-refractivity contribution in [3.8, 4) is 5.75 Å². The number of aliphatic hydroxyl groups is 1. The summed E-state index contributed by atoms with van der Waals surface area (Å²) in [6, 6.07) is 7.80. The lowest BCUT2D eigenvalue weighted by Gasteiger charge is -2.15. The predicted molar refractivity (Wildman–Crippen MR) is 51.5 cm³/mol. The van der Waals surface area contributed by atoms with E-state index in [0.717, 1.165) is 11.3 Å². The van der Waals surface area contributed by atoms with Gasteiger partial charge in [0.05, 0.1) is 13.8 Å².